The molecule has 0 radical (unpaired) electrons. The molecular formula is C22H30N2O5. The molecule has 5 rings (SSSR count). The third-order valence-electron chi connectivity index (χ3n) is 8.47. The topological polar surface area (TPSA) is 93.5 Å². The Kier molecular flexibility index (Phi) is 3.95. The fraction of sp³-hybridized carbons (Fsp3) is 0.682. The minimum absolute atomic E-state index is 0.0525. The first-order chi connectivity index (χ1) is 13.8. The van der Waals surface area contributed by atoms with E-state index in [0.717, 1.165) is 37.2 Å². The number of carboxylic acid groups (broad SMARTS) is 1. The van der Waals surface area contributed by atoms with Gasteiger partial charge in [-0.05, 0) is 37.5 Å². The van der Waals surface area contributed by atoms with Crippen LogP contribution < -0.4 is 0 Å². The van der Waals surface area contributed by atoms with Crippen LogP contribution in [0.25, 0.3) is 0 Å². The third-order valence-corrected chi connectivity index (χ3v) is 8.47. The number of likely N-dealkylation sites (tertiary alicyclic amines) is 1. The molecule has 3 fully saturated rings. The van der Waals surface area contributed by atoms with E-state index in [-0.39, 0.29) is 12.1 Å². The smallest absolute Gasteiger partial charge is 0.340 e. The number of likely N-dealkylation sites (N-methyl/N-ethyl adjacent to an activating group) is 1. The zero-order chi connectivity index (χ0) is 20.8. The number of fused-ring (bicyclic) bond motifs is 1. The molecule has 158 valence electrons. The van der Waals surface area contributed by atoms with Crippen LogP contribution >= 0.6 is 0 Å². The molecule has 3 N–H and O–H groups in total. The molecule has 1 saturated carbocycles. The van der Waals surface area contributed by atoms with Gasteiger partial charge in [0, 0.05) is 43.3 Å². The third kappa shape index (κ3) is 1.95. The fourth-order valence-electron chi connectivity index (χ4n) is 7.43. The average molecular weight is 402 g/mol. The van der Waals surface area contributed by atoms with E-state index in [9.17, 15) is 20.1 Å². The largest absolute Gasteiger partial charge is 0.479 e. The van der Waals surface area contributed by atoms with Gasteiger partial charge in [-0.3, -0.25) is 4.90 Å². The maximum absolute atomic E-state index is 12.6. The maximum Gasteiger partial charge on any atom is 0.340 e. The zero-order valence-corrected chi connectivity index (χ0v) is 17.2. The summed E-state index contributed by atoms with van der Waals surface area (Å²) in [6.45, 7) is 3.59. The lowest BCUT2D eigenvalue weighted by atomic mass is 9.47. The second kappa shape index (κ2) is 5.94. The summed E-state index contributed by atoms with van der Waals surface area (Å²) in [6.07, 6.45) is 8.82. The predicted molar refractivity (Wildman–Crippen MR) is 106 cm³/mol. The van der Waals surface area contributed by atoms with Crippen LogP contribution in [0.5, 0.6) is 0 Å². The SMILES string of the molecule is CC[C@]12C=CCN3CC[C@@]4(C5=CCC(OC)C=C5N(C)[C@H]4[C@@](O)(C(=O)O)[C@@H]1O)[C@@H]32. The van der Waals surface area contributed by atoms with E-state index in [1.807, 2.05) is 37.1 Å². The number of ether oxygens (including phenoxy) is 1. The normalized spacial score (nSPS) is 48.0. The van der Waals surface area contributed by atoms with E-state index in [4.69, 9.17) is 4.74 Å². The van der Waals surface area contributed by atoms with Gasteiger partial charge in [0.15, 0.2) is 0 Å². The molecule has 1 unspecified atom stereocenters. The number of methoxy groups -OCH3 is 1. The van der Waals surface area contributed by atoms with E-state index >= 15 is 0 Å². The number of allylic oxidation sites excluding steroid dienone is 1. The van der Waals surface area contributed by atoms with Crippen molar-refractivity contribution < 1.29 is 24.9 Å². The monoisotopic (exact) mass is 402 g/mol. The molecule has 5 aliphatic rings. The highest BCUT2D eigenvalue weighted by molar-refractivity contribution is 5.82. The van der Waals surface area contributed by atoms with Crippen LogP contribution in [-0.4, -0.2) is 88.2 Å². The van der Waals surface area contributed by atoms with Crippen LogP contribution in [0.15, 0.2) is 35.6 Å². The number of hydrogen-bond acceptors (Lipinski definition) is 6. The van der Waals surface area contributed by atoms with Gasteiger partial charge >= 0.3 is 5.97 Å². The van der Waals surface area contributed by atoms with Gasteiger partial charge < -0.3 is 25.0 Å². The molecule has 1 spiro atoms. The fourth-order valence-corrected chi connectivity index (χ4v) is 7.43. The number of aliphatic hydroxyl groups is 2. The van der Waals surface area contributed by atoms with Crippen molar-refractivity contribution in [3.63, 3.8) is 0 Å². The van der Waals surface area contributed by atoms with Crippen molar-refractivity contribution >= 4 is 5.97 Å². The molecule has 0 aromatic carbocycles. The van der Waals surface area contributed by atoms with E-state index in [0.29, 0.717) is 6.42 Å². The highest BCUT2D eigenvalue weighted by Crippen LogP contribution is 2.68. The molecule has 2 aliphatic carbocycles. The Labute approximate surface area is 170 Å². The molecule has 7 nitrogen and oxygen atoms in total. The second-order valence-electron chi connectivity index (χ2n) is 9.28. The van der Waals surface area contributed by atoms with Crippen molar-refractivity contribution in [1.29, 1.82) is 0 Å². The molecule has 3 aliphatic heterocycles. The van der Waals surface area contributed by atoms with Crippen molar-refractivity contribution in [2.45, 2.75) is 56.1 Å². The highest BCUT2D eigenvalue weighted by Gasteiger charge is 2.79. The second-order valence-corrected chi connectivity index (χ2v) is 9.28. The molecule has 7 heteroatoms. The average Bonchev–Trinajstić information content (AvgIpc) is 3.23. The molecular weight excluding hydrogens is 372 g/mol. The highest BCUT2D eigenvalue weighted by atomic mass is 16.5. The number of aliphatic hydroxyl groups excluding tert-OH is 1. The Balaban J connectivity index is 1.82. The van der Waals surface area contributed by atoms with Gasteiger partial charge in [0.25, 0.3) is 0 Å². The minimum atomic E-state index is -2.28. The Morgan fingerprint density at radius 1 is 1.38 bits per heavy atom. The predicted octanol–water partition coefficient (Wildman–Crippen LogP) is 0.746. The first-order valence-corrected chi connectivity index (χ1v) is 10.5. The summed E-state index contributed by atoms with van der Waals surface area (Å²) in [7, 11) is 3.52. The number of aliphatic carboxylic acids is 1. The number of carbonyl (C=O) groups is 1. The Hall–Kier alpha value is -1.67. The first kappa shape index (κ1) is 19.3. The first-order valence-electron chi connectivity index (χ1n) is 10.5. The summed E-state index contributed by atoms with van der Waals surface area (Å²) in [5.74, 6) is -1.35. The molecule has 7 atom stereocenters. The van der Waals surface area contributed by atoms with Gasteiger partial charge in [0.1, 0.15) is 6.10 Å². The van der Waals surface area contributed by atoms with Crippen LogP contribution in [0.3, 0.4) is 0 Å². The summed E-state index contributed by atoms with van der Waals surface area (Å²) in [5.41, 5.74) is -1.59. The number of carboxylic acids is 1. The van der Waals surface area contributed by atoms with Crippen molar-refractivity contribution in [2.75, 3.05) is 27.2 Å². The summed E-state index contributed by atoms with van der Waals surface area (Å²) < 4.78 is 5.55. The van der Waals surface area contributed by atoms with Gasteiger partial charge in [-0.2, -0.15) is 0 Å². The summed E-state index contributed by atoms with van der Waals surface area (Å²) in [6, 6.07) is -0.792. The van der Waals surface area contributed by atoms with Gasteiger partial charge in [0.05, 0.1) is 12.1 Å². The molecule has 0 aromatic heterocycles. The van der Waals surface area contributed by atoms with Crippen LogP contribution in [-0.2, 0) is 9.53 Å². The maximum atomic E-state index is 12.6. The summed E-state index contributed by atoms with van der Waals surface area (Å²) in [5, 5.41) is 33.5. The van der Waals surface area contributed by atoms with Gasteiger partial charge in [-0.25, -0.2) is 4.79 Å². The molecule has 29 heavy (non-hydrogen) atoms. The van der Waals surface area contributed by atoms with E-state index in [1.165, 1.54) is 0 Å². The number of rotatable bonds is 3. The van der Waals surface area contributed by atoms with E-state index in [1.54, 1.807) is 7.11 Å². The number of hydrogen-bond donors (Lipinski definition) is 3. The number of nitrogens with zero attached hydrogens (tertiary/aromatic N) is 2. The van der Waals surface area contributed by atoms with Crippen LogP contribution in [0.1, 0.15) is 26.2 Å². The van der Waals surface area contributed by atoms with Crippen LogP contribution in [0, 0.1) is 10.8 Å². The lowest BCUT2D eigenvalue weighted by molar-refractivity contribution is -0.233. The van der Waals surface area contributed by atoms with Crippen molar-refractivity contribution in [1.82, 2.24) is 9.80 Å². The van der Waals surface area contributed by atoms with Crippen molar-refractivity contribution in [3.05, 3.63) is 35.6 Å². The quantitative estimate of drug-likeness (QED) is 0.600. The lowest BCUT2D eigenvalue weighted by Gasteiger charge is -2.62. The van der Waals surface area contributed by atoms with Gasteiger partial charge in [-0.1, -0.05) is 25.2 Å². The van der Waals surface area contributed by atoms with Crippen molar-refractivity contribution in [3.8, 4) is 0 Å². The molecule has 0 bridgehead atoms. The molecule has 3 heterocycles. The van der Waals surface area contributed by atoms with Gasteiger partial charge in [-0.15, -0.1) is 0 Å². The molecule has 0 amide bonds. The summed E-state index contributed by atoms with van der Waals surface area (Å²) in [4.78, 5) is 16.8. The van der Waals surface area contributed by atoms with Crippen LogP contribution in [0.2, 0.25) is 0 Å². The zero-order valence-electron chi connectivity index (χ0n) is 17.2. The van der Waals surface area contributed by atoms with E-state index < -0.39 is 34.5 Å². The molecule has 2 saturated heterocycles. The lowest BCUT2D eigenvalue weighted by Crippen LogP contribution is -2.79. The Bertz CT molecular complexity index is 852. The summed E-state index contributed by atoms with van der Waals surface area (Å²) >= 11 is 0. The van der Waals surface area contributed by atoms with E-state index in [2.05, 4.69) is 11.0 Å². The Morgan fingerprint density at radius 3 is 2.79 bits per heavy atom. The Morgan fingerprint density at radius 2 is 2.14 bits per heavy atom. The van der Waals surface area contributed by atoms with Crippen molar-refractivity contribution in [2.24, 2.45) is 10.8 Å². The molecule has 0 aromatic rings. The van der Waals surface area contributed by atoms with Gasteiger partial charge in [0.2, 0.25) is 5.60 Å². The van der Waals surface area contributed by atoms with Crippen LogP contribution in [0.4, 0.5) is 0 Å². The minimum Gasteiger partial charge on any atom is -0.479 e. The standard InChI is InChI=1S/C22H30N2O5/c1-4-20-8-5-10-24-11-9-21(16(20)24)14-7-6-13(29-3)12-15(14)23(2)17(21)22(28,18(20)25)19(26)27/h5,7-8,12-13,16-18,25,28H,4,6,9-11H2,1-3H3,(H,26,27)/t13?,16-,17+,18+,20+,21+,22-/m0/s1.